The molecule has 1 atom stereocenters. The van der Waals surface area contributed by atoms with Gasteiger partial charge in [0.2, 0.25) is 0 Å². The van der Waals surface area contributed by atoms with Gasteiger partial charge in [0, 0.05) is 19.3 Å². The summed E-state index contributed by atoms with van der Waals surface area (Å²) in [5, 5.41) is 0. The summed E-state index contributed by atoms with van der Waals surface area (Å²) in [5.41, 5.74) is 0. The molecule has 0 aliphatic rings. The third kappa shape index (κ3) is 55.8. The van der Waals surface area contributed by atoms with Gasteiger partial charge in [0.1, 0.15) is 13.2 Å². The first-order valence-corrected chi connectivity index (χ1v) is 29.9. The Morgan fingerprint density at radius 2 is 0.557 bits per heavy atom. The zero-order chi connectivity index (χ0) is 50.7. The molecule has 0 spiro atoms. The van der Waals surface area contributed by atoms with Crippen LogP contribution in [0, 0.1) is 0 Å². The van der Waals surface area contributed by atoms with Crippen LogP contribution in [0.15, 0.2) is 72.9 Å². The number of carbonyl (C=O) groups excluding carboxylic acids is 3. The molecular weight excluding hydrogens is 865 g/mol. The van der Waals surface area contributed by atoms with Crippen LogP contribution in [0.25, 0.3) is 0 Å². The number of hydrogen-bond acceptors (Lipinski definition) is 6. The Kier molecular flexibility index (Phi) is 55.8. The fourth-order valence-corrected chi connectivity index (χ4v) is 8.47. The molecule has 6 nitrogen and oxygen atoms in total. The van der Waals surface area contributed by atoms with Gasteiger partial charge in [-0.05, 0) is 89.9 Å². The number of hydrogen-bond donors (Lipinski definition) is 0. The lowest BCUT2D eigenvalue weighted by Gasteiger charge is -2.18. The fraction of sp³-hybridized carbons (Fsp3) is 0.766. The predicted octanol–water partition coefficient (Wildman–Crippen LogP) is 20.2. The molecule has 0 fully saturated rings. The maximum Gasteiger partial charge on any atom is 0.306 e. The second-order valence-electron chi connectivity index (χ2n) is 19.9. The standard InChI is InChI=1S/C64H112O6/c1-4-7-10-13-16-19-21-23-25-27-28-29-30-31-32-33-34-35-36-38-39-41-43-45-48-51-54-57-63(66)69-60-61(59-68-62(65)56-53-50-47-18-15-12-9-6-3)70-64(67)58-55-52-49-46-44-42-40-37-26-24-22-20-17-14-11-8-5-2/h7,10,16-17,19-20,23-26,28-29,61H,4-6,8-9,11-15,18,21-22,27,30-60H2,1-3H3/b10-7-,19-16-,20-17-,25-23-,26-24-,29-28-. The largest absolute Gasteiger partial charge is 0.462 e. The normalized spacial score (nSPS) is 12.6. The van der Waals surface area contributed by atoms with Crippen molar-refractivity contribution in [3.8, 4) is 0 Å². The van der Waals surface area contributed by atoms with Crippen LogP contribution in [0.2, 0.25) is 0 Å². The van der Waals surface area contributed by atoms with Gasteiger partial charge >= 0.3 is 17.9 Å². The van der Waals surface area contributed by atoms with Gasteiger partial charge in [-0.1, -0.05) is 261 Å². The minimum absolute atomic E-state index is 0.0758. The Morgan fingerprint density at radius 3 is 0.900 bits per heavy atom. The summed E-state index contributed by atoms with van der Waals surface area (Å²) in [5.74, 6) is -0.879. The molecule has 0 aromatic carbocycles. The van der Waals surface area contributed by atoms with Crippen molar-refractivity contribution >= 4 is 17.9 Å². The highest BCUT2D eigenvalue weighted by molar-refractivity contribution is 5.71. The second kappa shape index (κ2) is 58.4. The van der Waals surface area contributed by atoms with Gasteiger partial charge in [-0.25, -0.2) is 0 Å². The molecule has 1 unspecified atom stereocenters. The minimum atomic E-state index is -0.776. The van der Waals surface area contributed by atoms with Crippen molar-refractivity contribution in [3.05, 3.63) is 72.9 Å². The van der Waals surface area contributed by atoms with Gasteiger partial charge in [-0.15, -0.1) is 0 Å². The van der Waals surface area contributed by atoms with E-state index in [2.05, 4.69) is 93.7 Å². The highest BCUT2D eigenvalue weighted by Crippen LogP contribution is 2.16. The average Bonchev–Trinajstić information content (AvgIpc) is 3.36. The molecule has 0 bridgehead atoms. The summed E-state index contributed by atoms with van der Waals surface area (Å²) in [4.78, 5) is 38.0. The predicted molar refractivity (Wildman–Crippen MR) is 302 cm³/mol. The molecule has 0 aromatic heterocycles. The number of esters is 3. The van der Waals surface area contributed by atoms with Crippen LogP contribution in [-0.2, 0) is 28.6 Å². The van der Waals surface area contributed by atoms with Crippen LogP contribution in [-0.4, -0.2) is 37.2 Å². The zero-order valence-electron chi connectivity index (χ0n) is 46.3. The third-order valence-electron chi connectivity index (χ3n) is 12.9. The van der Waals surface area contributed by atoms with Gasteiger partial charge < -0.3 is 14.2 Å². The summed E-state index contributed by atoms with van der Waals surface area (Å²) >= 11 is 0. The Hall–Kier alpha value is -3.15. The maximum absolute atomic E-state index is 12.8. The first-order valence-electron chi connectivity index (χ1n) is 29.9. The Balaban J connectivity index is 4.15. The van der Waals surface area contributed by atoms with Crippen LogP contribution in [0.5, 0.6) is 0 Å². The number of rotatable bonds is 54. The van der Waals surface area contributed by atoms with Crippen LogP contribution < -0.4 is 0 Å². The molecular formula is C64H112O6. The van der Waals surface area contributed by atoms with E-state index in [1.54, 1.807) is 0 Å². The summed E-state index contributed by atoms with van der Waals surface area (Å²) in [6.45, 7) is 6.49. The van der Waals surface area contributed by atoms with Crippen molar-refractivity contribution in [1.29, 1.82) is 0 Å². The van der Waals surface area contributed by atoms with E-state index in [0.717, 1.165) is 96.3 Å². The molecule has 70 heavy (non-hydrogen) atoms. The molecule has 0 radical (unpaired) electrons. The van der Waals surface area contributed by atoms with Gasteiger partial charge in [0.15, 0.2) is 6.10 Å². The third-order valence-corrected chi connectivity index (χ3v) is 12.9. The van der Waals surface area contributed by atoms with Gasteiger partial charge in [0.05, 0.1) is 0 Å². The first kappa shape index (κ1) is 66.9. The number of allylic oxidation sites excluding steroid dienone is 12. The average molecular weight is 978 g/mol. The maximum atomic E-state index is 12.8. The smallest absolute Gasteiger partial charge is 0.306 e. The topological polar surface area (TPSA) is 78.9 Å². The van der Waals surface area contributed by atoms with E-state index in [9.17, 15) is 14.4 Å². The van der Waals surface area contributed by atoms with E-state index in [-0.39, 0.29) is 31.1 Å². The highest BCUT2D eigenvalue weighted by atomic mass is 16.6. The van der Waals surface area contributed by atoms with E-state index >= 15 is 0 Å². The lowest BCUT2D eigenvalue weighted by Crippen LogP contribution is -2.30. The zero-order valence-corrected chi connectivity index (χ0v) is 46.3. The summed E-state index contributed by atoms with van der Waals surface area (Å²) in [6, 6.07) is 0. The Bertz CT molecular complexity index is 1310. The van der Waals surface area contributed by atoms with Crippen LogP contribution in [0.1, 0.15) is 297 Å². The van der Waals surface area contributed by atoms with Gasteiger partial charge in [-0.2, -0.15) is 0 Å². The number of unbranched alkanes of at least 4 members (excludes halogenated alkanes) is 31. The van der Waals surface area contributed by atoms with Crippen molar-refractivity contribution in [2.75, 3.05) is 13.2 Å². The Morgan fingerprint density at radius 1 is 0.300 bits per heavy atom. The monoisotopic (exact) mass is 977 g/mol. The second-order valence-corrected chi connectivity index (χ2v) is 19.9. The van der Waals surface area contributed by atoms with Crippen molar-refractivity contribution in [1.82, 2.24) is 0 Å². The lowest BCUT2D eigenvalue weighted by atomic mass is 10.0. The van der Waals surface area contributed by atoms with E-state index in [1.807, 2.05) is 0 Å². The molecule has 0 saturated carbocycles. The van der Waals surface area contributed by atoms with Crippen LogP contribution in [0.4, 0.5) is 0 Å². The van der Waals surface area contributed by atoms with E-state index < -0.39 is 6.10 Å². The van der Waals surface area contributed by atoms with E-state index in [4.69, 9.17) is 14.2 Å². The van der Waals surface area contributed by atoms with Crippen LogP contribution in [0.3, 0.4) is 0 Å². The van der Waals surface area contributed by atoms with Crippen molar-refractivity contribution in [2.24, 2.45) is 0 Å². The van der Waals surface area contributed by atoms with Crippen molar-refractivity contribution < 1.29 is 28.6 Å². The minimum Gasteiger partial charge on any atom is -0.462 e. The van der Waals surface area contributed by atoms with Gasteiger partial charge in [0.25, 0.3) is 0 Å². The van der Waals surface area contributed by atoms with Crippen molar-refractivity contribution in [3.63, 3.8) is 0 Å². The molecule has 0 aliphatic heterocycles. The lowest BCUT2D eigenvalue weighted by molar-refractivity contribution is -0.167. The molecule has 0 aliphatic carbocycles. The molecule has 0 saturated heterocycles. The summed E-state index contributed by atoms with van der Waals surface area (Å²) in [6.07, 6.45) is 74.9. The quantitative estimate of drug-likeness (QED) is 0.0261. The van der Waals surface area contributed by atoms with Gasteiger partial charge in [-0.3, -0.25) is 14.4 Å². The number of carbonyl (C=O) groups is 3. The van der Waals surface area contributed by atoms with E-state index in [1.165, 1.54) is 161 Å². The van der Waals surface area contributed by atoms with Crippen molar-refractivity contribution in [2.45, 2.75) is 303 Å². The first-order chi connectivity index (χ1) is 34.5. The van der Waals surface area contributed by atoms with E-state index in [0.29, 0.717) is 19.3 Å². The molecule has 0 N–H and O–H groups in total. The molecule has 404 valence electrons. The molecule has 0 rings (SSSR count). The number of ether oxygens (including phenoxy) is 3. The molecule has 0 aromatic rings. The molecule has 6 heteroatoms. The Labute approximate surface area is 433 Å². The summed E-state index contributed by atoms with van der Waals surface area (Å²) in [7, 11) is 0. The SMILES string of the molecule is CC/C=C\C/C=C\C/C=C\C/C=C\CCCCCCCCCCCCCCCCC(=O)OCC(COC(=O)CCCCCCCCCC)OC(=O)CCCCCCCCC/C=C\C/C=C\CCCCC. The summed E-state index contributed by atoms with van der Waals surface area (Å²) < 4.78 is 16.8. The highest BCUT2D eigenvalue weighted by Gasteiger charge is 2.19. The van der Waals surface area contributed by atoms with Crippen LogP contribution >= 0.6 is 0 Å². The molecule has 0 heterocycles. The fourth-order valence-electron chi connectivity index (χ4n) is 8.47. The molecule has 0 amide bonds.